The maximum absolute atomic E-state index is 12.5. The van der Waals surface area contributed by atoms with E-state index in [0.717, 1.165) is 36.1 Å². The van der Waals surface area contributed by atoms with Crippen LogP contribution < -0.4 is 0 Å². The average molecular weight is 283 g/mol. The lowest BCUT2D eigenvalue weighted by molar-refractivity contribution is 0.0810. The van der Waals surface area contributed by atoms with Crippen molar-refractivity contribution in [3.63, 3.8) is 0 Å². The van der Waals surface area contributed by atoms with E-state index in [1.54, 1.807) is 6.20 Å². The van der Waals surface area contributed by atoms with Gasteiger partial charge in [0.1, 0.15) is 0 Å². The first-order valence-electron chi connectivity index (χ1n) is 7.40. The van der Waals surface area contributed by atoms with Gasteiger partial charge in [0.25, 0.3) is 0 Å². The first-order valence-corrected chi connectivity index (χ1v) is 7.40. The number of rotatable bonds is 3. The van der Waals surface area contributed by atoms with Gasteiger partial charge >= 0.3 is 0 Å². The topological polar surface area (TPSA) is 36.4 Å². The number of Topliss-reactive ketones (excluding diaryl/α,β-unsaturated/α-hetero) is 1. The summed E-state index contributed by atoms with van der Waals surface area (Å²) in [5.74, 6) is 0.216. The highest BCUT2D eigenvalue weighted by Crippen LogP contribution is 2.17. The quantitative estimate of drug-likeness (QED) is 0.808. The average Bonchev–Trinajstić information content (AvgIpc) is 2.50. The summed E-state index contributed by atoms with van der Waals surface area (Å²) in [6.07, 6.45) is 2.35. The summed E-state index contributed by atoms with van der Waals surface area (Å²) in [4.78, 5) is 21.4. The molecule has 1 aliphatic rings. The van der Waals surface area contributed by atoms with Gasteiger partial charge in [0.15, 0.2) is 5.78 Å². The number of pyridine rings is 1. The van der Waals surface area contributed by atoms with Crippen LogP contribution in [-0.2, 0) is 0 Å². The molecule has 0 radical (unpaired) electrons. The molecule has 1 unspecified atom stereocenters. The number of hydrogen-bond acceptors (Lipinski definition) is 4. The Balaban J connectivity index is 1.77. The highest BCUT2D eigenvalue weighted by molar-refractivity contribution is 5.99. The third-order valence-electron chi connectivity index (χ3n) is 4.33. The Kier molecular flexibility index (Phi) is 3.99. The van der Waals surface area contributed by atoms with Crippen molar-refractivity contribution in [2.24, 2.45) is 0 Å². The Bertz CT molecular complexity index is 655. The molecule has 0 saturated carbocycles. The van der Waals surface area contributed by atoms with E-state index in [1.807, 2.05) is 30.3 Å². The van der Waals surface area contributed by atoms with Gasteiger partial charge in [-0.2, -0.15) is 0 Å². The van der Waals surface area contributed by atoms with E-state index in [1.165, 1.54) is 0 Å². The van der Waals surface area contributed by atoms with Gasteiger partial charge in [0.2, 0.25) is 0 Å². The molecule has 0 spiro atoms. The third kappa shape index (κ3) is 3.12. The zero-order valence-electron chi connectivity index (χ0n) is 12.6. The van der Waals surface area contributed by atoms with Crippen molar-refractivity contribution in [1.29, 1.82) is 0 Å². The van der Waals surface area contributed by atoms with Gasteiger partial charge in [-0.1, -0.05) is 6.07 Å². The lowest BCUT2D eigenvalue weighted by Crippen LogP contribution is -2.50. The number of nitrogens with zero attached hydrogens (tertiary/aromatic N) is 3. The molecule has 4 heteroatoms. The van der Waals surface area contributed by atoms with Crippen LogP contribution >= 0.6 is 0 Å². The normalized spacial score (nSPS) is 20.8. The van der Waals surface area contributed by atoms with E-state index >= 15 is 0 Å². The van der Waals surface area contributed by atoms with Crippen molar-refractivity contribution >= 4 is 16.7 Å². The summed E-state index contributed by atoms with van der Waals surface area (Å²) in [6, 6.07) is 9.99. The van der Waals surface area contributed by atoms with Gasteiger partial charge in [0, 0.05) is 49.2 Å². The first-order chi connectivity index (χ1) is 10.1. The molecule has 0 aliphatic carbocycles. The van der Waals surface area contributed by atoms with Crippen LogP contribution in [0.15, 0.2) is 36.5 Å². The summed E-state index contributed by atoms with van der Waals surface area (Å²) in [5, 5.41) is 1.03. The Labute approximate surface area is 125 Å². The van der Waals surface area contributed by atoms with Crippen LogP contribution in [0.1, 0.15) is 16.8 Å². The van der Waals surface area contributed by atoms with Crippen molar-refractivity contribution in [2.45, 2.75) is 12.5 Å². The monoisotopic (exact) mass is 283 g/mol. The second-order valence-electron chi connectivity index (χ2n) is 5.93. The van der Waals surface area contributed by atoms with Gasteiger partial charge in [0.05, 0.1) is 5.52 Å². The second kappa shape index (κ2) is 5.92. The van der Waals surface area contributed by atoms with E-state index in [-0.39, 0.29) is 5.78 Å². The van der Waals surface area contributed by atoms with Crippen LogP contribution in [0.5, 0.6) is 0 Å². The van der Waals surface area contributed by atoms with E-state index in [2.05, 4.69) is 28.9 Å². The largest absolute Gasteiger partial charge is 0.304 e. The Morgan fingerprint density at radius 3 is 3.00 bits per heavy atom. The van der Waals surface area contributed by atoms with Crippen LogP contribution in [0.3, 0.4) is 0 Å². The van der Waals surface area contributed by atoms with Gasteiger partial charge in [-0.15, -0.1) is 0 Å². The van der Waals surface area contributed by atoms with Crippen LogP contribution in [-0.4, -0.2) is 60.3 Å². The molecule has 4 nitrogen and oxygen atoms in total. The smallest absolute Gasteiger partial charge is 0.164 e. The van der Waals surface area contributed by atoms with Crippen molar-refractivity contribution in [3.05, 3.63) is 42.1 Å². The molecule has 0 N–H and O–H groups in total. The molecule has 1 aromatic carbocycles. The maximum Gasteiger partial charge on any atom is 0.164 e. The number of likely N-dealkylation sites (N-methyl/N-ethyl adjacent to an activating group) is 2. The Morgan fingerprint density at radius 2 is 2.14 bits per heavy atom. The zero-order valence-corrected chi connectivity index (χ0v) is 12.6. The third-order valence-corrected chi connectivity index (χ3v) is 4.33. The van der Waals surface area contributed by atoms with Crippen molar-refractivity contribution in [3.8, 4) is 0 Å². The lowest BCUT2D eigenvalue weighted by atomic mass is 10.00. The molecule has 1 aromatic heterocycles. The first kappa shape index (κ1) is 14.2. The van der Waals surface area contributed by atoms with Gasteiger partial charge < -0.3 is 9.80 Å². The van der Waals surface area contributed by atoms with Gasteiger partial charge in [-0.05, 0) is 38.4 Å². The zero-order chi connectivity index (χ0) is 14.8. The van der Waals surface area contributed by atoms with E-state index in [4.69, 9.17) is 0 Å². The van der Waals surface area contributed by atoms with E-state index in [0.29, 0.717) is 12.5 Å². The van der Waals surface area contributed by atoms with E-state index < -0.39 is 0 Å². The van der Waals surface area contributed by atoms with Crippen LogP contribution in [0.2, 0.25) is 0 Å². The minimum absolute atomic E-state index is 0.216. The Morgan fingerprint density at radius 1 is 1.29 bits per heavy atom. The number of carbonyl (C=O) groups is 1. The predicted molar refractivity (Wildman–Crippen MR) is 84.6 cm³/mol. The molecule has 1 atom stereocenters. The molecule has 2 heterocycles. The van der Waals surface area contributed by atoms with Gasteiger partial charge in [-0.25, -0.2) is 0 Å². The molecule has 21 heavy (non-hydrogen) atoms. The van der Waals surface area contributed by atoms with Gasteiger partial charge in [-0.3, -0.25) is 9.78 Å². The number of carbonyl (C=O) groups excluding carboxylic acids is 1. The lowest BCUT2D eigenvalue weighted by Gasteiger charge is -2.37. The minimum atomic E-state index is 0.216. The second-order valence-corrected chi connectivity index (χ2v) is 5.93. The fraction of sp³-hybridized carbons (Fsp3) is 0.412. The fourth-order valence-corrected chi connectivity index (χ4v) is 2.90. The van der Waals surface area contributed by atoms with Crippen LogP contribution in [0.4, 0.5) is 0 Å². The summed E-state index contributed by atoms with van der Waals surface area (Å²) in [5.41, 5.74) is 1.72. The molecule has 3 rings (SSSR count). The highest BCUT2D eigenvalue weighted by Gasteiger charge is 2.24. The predicted octanol–water partition coefficient (Wildman–Crippen LogP) is 2.05. The number of benzene rings is 1. The van der Waals surface area contributed by atoms with E-state index in [9.17, 15) is 4.79 Å². The molecule has 1 aliphatic heterocycles. The van der Waals surface area contributed by atoms with Crippen molar-refractivity contribution in [2.75, 3.05) is 33.7 Å². The number of piperazine rings is 1. The van der Waals surface area contributed by atoms with Crippen molar-refractivity contribution in [1.82, 2.24) is 14.8 Å². The molecule has 1 saturated heterocycles. The van der Waals surface area contributed by atoms with Crippen molar-refractivity contribution < 1.29 is 4.79 Å². The fourth-order valence-electron chi connectivity index (χ4n) is 2.90. The highest BCUT2D eigenvalue weighted by atomic mass is 16.1. The summed E-state index contributed by atoms with van der Waals surface area (Å²) in [6.45, 7) is 3.05. The van der Waals surface area contributed by atoms with Crippen LogP contribution in [0, 0.1) is 0 Å². The summed E-state index contributed by atoms with van der Waals surface area (Å²) in [7, 11) is 4.22. The number of fused-ring (bicyclic) bond motifs is 1. The number of ketones is 1. The Hall–Kier alpha value is -1.78. The molecule has 1 fully saturated rings. The molecule has 2 aromatic rings. The number of aromatic nitrogens is 1. The SMILES string of the molecule is CN1CCN(C)C(CC(=O)c2ccc3ncccc3c2)C1. The molecule has 0 bridgehead atoms. The minimum Gasteiger partial charge on any atom is -0.304 e. The molecular formula is C17H21N3O. The standard InChI is InChI=1S/C17H21N3O/c1-19-8-9-20(2)15(12-19)11-17(21)14-5-6-16-13(10-14)4-3-7-18-16/h3-7,10,15H,8-9,11-12H2,1-2H3. The molecular weight excluding hydrogens is 262 g/mol. The summed E-state index contributed by atoms with van der Waals surface area (Å²) >= 11 is 0. The number of hydrogen-bond donors (Lipinski definition) is 0. The summed E-state index contributed by atoms with van der Waals surface area (Å²) < 4.78 is 0. The van der Waals surface area contributed by atoms with Crippen LogP contribution in [0.25, 0.3) is 10.9 Å². The molecule has 0 amide bonds. The maximum atomic E-state index is 12.5. The molecule has 110 valence electrons.